The van der Waals surface area contributed by atoms with Crippen molar-refractivity contribution in [3.8, 4) is 11.8 Å². The van der Waals surface area contributed by atoms with Crippen LogP contribution in [-0.4, -0.2) is 18.1 Å². The number of carbonyl (C=O) groups excluding carboxylic acids is 1. The van der Waals surface area contributed by atoms with Crippen LogP contribution in [0.25, 0.3) is 0 Å². The van der Waals surface area contributed by atoms with Gasteiger partial charge in [-0.2, -0.15) is 5.26 Å². The van der Waals surface area contributed by atoms with Gasteiger partial charge in [-0.25, -0.2) is 0 Å². The molecule has 18 heavy (non-hydrogen) atoms. The van der Waals surface area contributed by atoms with Crippen molar-refractivity contribution in [2.75, 3.05) is 6.61 Å². The van der Waals surface area contributed by atoms with Gasteiger partial charge in [-0.1, -0.05) is 12.1 Å². The average Bonchev–Trinajstić information content (AvgIpc) is 2.34. The topological polar surface area (TPSA) is 62.1 Å². The summed E-state index contributed by atoms with van der Waals surface area (Å²) < 4.78 is 5.37. The molecule has 0 aliphatic heterocycles. The second-order valence-electron chi connectivity index (χ2n) is 4.86. The molecule has 1 aliphatic carbocycles. The fraction of sp³-hybridized carbons (Fsp3) is 0.429. The average molecular weight is 244 g/mol. The lowest BCUT2D eigenvalue weighted by molar-refractivity contribution is -0.125. The second-order valence-corrected chi connectivity index (χ2v) is 4.86. The summed E-state index contributed by atoms with van der Waals surface area (Å²) >= 11 is 0. The number of nitrogens with one attached hydrogen (secondary N) is 1. The number of benzene rings is 1. The van der Waals surface area contributed by atoms with Crippen LogP contribution in [0.3, 0.4) is 0 Å². The largest absolute Gasteiger partial charge is 0.482 e. The molecule has 0 saturated heterocycles. The SMILES string of the molecule is CC1(NC(=O)COc2ccccc2C#N)CCC1. The number of hydrogen-bond donors (Lipinski definition) is 1. The monoisotopic (exact) mass is 244 g/mol. The van der Waals surface area contributed by atoms with Crippen LogP contribution in [0.2, 0.25) is 0 Å². The molecule has 0 heterocycles. The number of carbonyl (C=O) groups is 1. The van der Waals surface area contributed by atoms with E-state index in [1.54, 1.807) is 24.3 Å². The van der Waals surface area contributed by atoms with Crippen LogP contribution in [0, 0.1) is 11.3 Å². The number of hydrogen-bond acceptors (Lipinski definition) is 3. The van der Waals surface area contributed by atoms with Crippen LogP contribution in [0.4, 0.5) is 0 Å². The van der Waals surface area contributed by atoms with Gasteiger partial charge in [-0.15, -0.1) is 0 Å². The Morgan fingerprint density at radius 2 is 2.22 bits per heavy atom. The Kier molecular flexibility index (Phi) is 3.52. The Hall–Kier alpha value is -2.02. The standard InChI is InChI=1S/C14H16N2O2/c1-14(7-4-8-14)16-13(17)10-18-12-6-3-2-5-11(12)9-15/h2-3,5-6H,4,7-8,10H2,1H3,(H,16,17). The number of nitriles is 1. The molecule has 4 nitrogen and oxygen atoms in total. The predicted octanol–water partition coefficient (Wildman–Crippen LogP) is 2.00. The Morgan fingerprint density at radius 3 is 2.83 bits per heavy atom. The van der Waals surface area contributed by atoms with Gasteiger partial charge in [0.2, 0.25) is 0 Å². The van der Waals surface area contributed by atoms with Crippen molar-refractivity contribution in [1.82, 2.24) is 5.32 Å². The third-order valence-electron chi connectivity index (χ3n) is 3.26. The van der Waals surface area contributed by atoms with Gasteiger partial charge in [0.05, 0.1) is 5.56 Å². The summed E-state index contributed by atoms with van der Waals surface area (Å²) in [6.45, 7) is 1.99. The molecular weight excluding hydrogens is 228 g/mol. The van der Waals surface area contributed by atoms with E-state index in [2.05, 4.69) is 5.32 Å². The van der Waals surface area contributed by atoms with Crippen molar-refractivity contribution in [3.63, 3.8) is 0 Å². The van der Waals surface area contributed by atoms with Crippen LogP contribution < -0.4 is 10.1 Å². The highest BCUT2D eigenvalue weighted by Gasteiger charge is 2.33. The van der Waals surface area contributed by atoms with E-state index in [1.807, 2.05) is 13.0 Å². The highest BCUT2D eigenvalue weighted by atomic mass is 16.5. The Balaban J connectivity index is 1.87. The van der Waals surface area contributed by atoms with E-state index in [0.29, 0.717) is 11.3 Å². The third kappa shape index (κ3) is 2.80. The van der Waals surface area contributed by atoms with Gasteiger partial charge in [-0.05, 0) is 38.3 Å². The molecule has 1 amide bonds. The maximum atomic E-state index is 11.7. The molecule has 0 atom stereocenters. The molecule has 0 aromatic heterocycles. The third-order valence-corrected chi connectivity index (χ3v) is 3.26. The second kappa shape index (κ2) is 5.09. The highest BCUT2D eigenvalue weighted by Crippen LogP contribution is 2.30. The van der Waals surface area contributed by atoms with E-state index in [4.69, 9.17) is 10.00 Å². The molecular formula is C14H16N2O2. The first-order valence-electron chi connectivity index (χ1n) is 6.06. The van der Waals surface area contributed by atoms with E-state index >= 15 is 0 Å². The van der Waals surface area contributed by atoms with Gasteiger partial charge >= 0.3 is 0 Å². The quantitative estimate of drug-likeness (QED) is 0.881. The maximum Gasteiger partial charge on any atom is 0.258 e. The molecule has 1 aliphatic rings. The predicted molar refractivity (Wildman–Crippen MR) is 67.1 cm³/mol. The Labute approximate surface area is 107 Å². The lowest BCUT2D eigenvalue weighted by atomic mass is 9.78. The van der Waals surface area contributed by atoms with Gasteiger partial charge in [0, 0.05) is 5.54 Å². The molecule has 0 unspecified atom stereocenters. The number of nitrogens with zero attached hydrogens (tertiary/aromatic N) is 1. The molecule has 1 aromatic carbocycles. The van der Waals surface area contributed by atoms with Crippen molar-refractivity contribution in [1.29, 1.82) is 5.26 Å². The summed E-state index contributed by atoms with van der Waals surface area (Å²) in [5.74, 6) is 0.318. The smallest absolute Gasteiger partial charge is 0.258 e. The van der Waals surface area contributed by atoms with Crippen LogP contribution >= 0.6 is 0 Å². The highest BCUT2D eigenvalue weighted by molar-refractivity contribution is 5.78. The number of para-hydroxylation sites is 1. The molecule has 94 valence electrons. The van der Waals surface area contributed by atoms with Crippen molar-refractivity contribution in [2.24, 2.45) is 0 Å². The van der Waals surface area contributed by atoms with Gasteiger partial charge in [0.1, 0.15) is 11.8 Å². The Bertz CT molecular complexity index is 487. The fourth-order valence-corrected chi connectivity index (χ4v) is 2.03. The van der Waals surface area contributed by atoms with E-state index < -0.39 is 0 Å². The fourth-order valence-electron chi connectivity index (χ4n) is 2.03. The van der Waals surface area contributed by atoms with Crippen molar-refractivity contribution < 1.29 is 9.53 Å². The minimum Gasteiger partial charge on any atom is -0.482 e. The minimum absolute atomic E-state index is 0.0473. The zero-order valence-electron chi connectivity index (χ0n) is 10.4. The molecule has 1 N–H and O–H groups in total. The van der Waals surface area contributed by atoms with E-state index in [0.717, 1.165) is 19.3 Å². The normalized spacial score (nSPS) is 16.2. The van der Waals surface area contributed by atoms with Gasteiger partial charge in [-0.3, -0.25) is 4.79 Å². The first-order chi connectivity index (χ1) is 8.63. The molecule has 2 rings (SSSR count). The molecule has 0 bridgehead atoms. The molecule has 1 saturated carbocycles. The molecule has 0 spiro atoms. The maximum absolute atomic E-state index is 11.7. The van der Waals surface area contributed by atoms with E-state index in [9.17, 15) is 4.79 Å². The van der Waals surface area contributed by atoms with Gasteiger partial charge < -0.3 is 10.1 Å². The van der Waals surface area contributed by atoms with E-state index in [1.165, 1.54) is 0 Å². The lowest BCUT2D eigenvalue weighted by Crippen LogP contribution is -2.52. The van der Waals surface area contributed by atoms with Crippen LogP contribution in [0.1, 0.15) is 31.7 Å². The summed E-state index contributed by atoms with van der Waals surface area (Å²) in [4.78, 5) is 11.7. The summed E-state index contributed by atoms with van der Waals surface area (Å²) in [7, 11) is 0. The van der Waals surface area contributed by atoms with Crippen molar-refractivity contribution in [3.05, 3.63) is 29.8 Å². The summed E-state index contributed by atoms with van der Waals surface area (Å²) in [6.07, 6.45) is 3.20. The summed E-state index contributed by atoms with van der Waals surface area (Å²) in [5.41, 5.74) is 0.384. The molecule has 1 fully saturated rings. The van der Waals surface area contributed by atoms with Crippen LogP contribution in [-0.2, 0) is 4.79 Å². The zero-order chi connectivity index (χ0) is 13.0. The van der Waals surface area contributed by atoms with E-state index in [-0.39, 0.29) is 18.1 Å². The van der Waals surface area contributed by atoms with Crippen LogP contribution in [0.5, 0.6) is 5.75 Å². The first kappa shape index (κ1) is 12.4. The number of ether oxygens (including phenoxy) is 1. The van der Waals surface area contributed by atoms with Crippen molar-refractivity contribution in [2.45, 2.75) is 31.7 Å². The molecule has 1 aromatic rings. The number of amides is 1. The molecule has 0 radical (unpaired) electrons. The number of rotatable bonds is 4. The van der Waals surface area contributed by atoms with Crippen molar-refractivity contribution >= 4 is 5.91 Å². The summed E-state index contributed by atoms with van der Waals surface area (Å²) in [5, 5.41) is 11.8. The first-order valence-corrected chi connectivity index (χ1v) is 6.06. The molecule has 4 heteroatoms. The zero-order valence-corrected chi connectivity index (χ0v) is 10.4. The van der Waals surface area contributed by atoms with Crippen LogP contribution in [0.15, 0.2) is 24.3 Å². The Morgan fingerprint density at radius 1 is 1.50 bits per heavy atom. The van der Waals surface area contributed by atoms with Gasteiger partial charge in [0.15, 0.2) is 6.61 Å². The summed E-state index contributed by atoms with van der Waals surface area (Å²) in [6, 6.07) is 8.94. The van der Waals surface area contributed by atoms with Gasteiger partial charge in [0.25, 0.3) is 5.91 Å². The lowest BCUT2D eigenvalue weighted by Gasteiger charge is -2.39. The minimum atomic E-state index is -0.134.